The molecule has 0 saturated carbocycles. The van der Waals surface area contributed by atoms with Gasteiger partial charge in [-0.1, -0.05) is 49.7 Å². The van der Waals surface area contributed by atoms with E-state index in [4.69, 9.17) is 0 Å². The number of hydrogen-bond acceptors (Lipinski definition) is 2. The van der Waals surface area contributed by atoms with Gasteiger partial charge in [-0.3, -0.25) is 9.69 Å². The van der Waals surface area contributed by atoms with Crippen molar-refractivity contribution in [3.05, 3.63) is 42.5 Å². The van der Waals surface area contributed by atoms with Crippen molar-refractivity contribution in [2.75, 3.05) is 31.6 Å². The van der Waals surface area contributed by atoms with Crippen molar-refractivity contribution in [2.24, 2.45) is 0 Å². The van der Waals surface area contributed by atoms with Crippen LogP contribution in [-0.2, 0) is 4.79 Å². The van der Waals surface area contributed by atoms with E-state index in [2.05, 4.69) is 30.0 Å². The summed E-state index contributed by atoms with van der Waals surface area (Å²) in [6.45, 7) is 6.33. The summed E-state index contributed by atoms with van der Waals surface area (Å²) in [6.07, 6.45) is 2.28. The zero-order valence-corrected chi connectivity index (χ0v) is 13.9. The second-order valence-corrected chi connectivity index (χ2v) is 5.73. The maximum atomic E-state index is 12.7. The molecule has 0 aromatic heterocycles. The van der Waals surface area contributed by atoms with Crippen LogP contribution in [0.1, 0.15) is 26.7 Å². The summed E-state index contributed by atoms with van der Waals surface area (Å²) in [6, 6.07) is 14.4. The lowest BCUT2D eigenvalue weighted by Crippen LogP contribution is -2.39. The van der Waals surface area contributed by atoms with E-state index in [9.17, 15) is 4.79 Å². The highest BCUT2D eigenvalue weighted by atomic mass is 16.2. The van der Waals surface area contributed by atoms with Gasteiger partial charge in [-0.2, -0.15) is 0 Å². The molecule has 2 rings (SSSR count). The van der Waals surface area contributed by atoms with Crippen LogP contribution in [0.15, 0.2) is 42.5 Å². The lowest BCUT2D eigenvalue weighted by atomic mass is 10.1. The second kappa shape index (κ2) is 7.95. The number of nitrogens with zero attached hydrogens (tertiary/aromatic N) is 2. The summed E-state index contributed by atoms with van der Waals surface area (Å²) < 4.78 is 0. The number of benzene rings is 2. The second-order valence-electron chi connectivity index (χ2n) is 5.73. The van der Waals surface area contributed by atoms with Crippen molar-refractivity contribution in [1.29, 1.82) is 0 Å². The molecule has 0 saturated heterocycles. The van der Waals surface area contributed by atoms with Crippen LogP contribution in [0.2, 0.25) is 0 Å². The quantitative estimate of drug-likeness (QED) is 0.773. The Bertz CT molecular complexity index is 618. The van der Waals surface area contributed by atoms with Gasteiger partial charge in [-0.15, -0.1) is 0 Å². The Morgan fingerprint density at radius 1 is 1.05 bits per heavy atom. The summed E-state index contributed by atoms with van der Waals surface area (Å²) in [7, 11) is 2.02. The molecule has 118 valence electrons. The van der Waals surface area contributed by atoms with Crippen molar-refractivity contribution in [2.45, 2.75) is 26.7 Å². The van der Waals surface area contributed by atoms with E-state index in [0.717, 1.165) is 30.5 Å². The molecular formula is C19H26N2O. The number of likely N-dealkylation sites (N-methyl/N-ethyl adjacent to an activating group) is 2. The third kappa shape index (κ3) is 3.86. The number of anilines is 1. The molecule has 3 heteroatoms. The van der Waals surface area contributed by atoms with Gasteiger partial charge in [0.1, 0.15) is 0 Å². The summed E-state index contributed by atoms with van der Waals surface area (Å²) in [4.78, 5) is 16.7. The molecule has 0 unspecified atom stereocenters. The van der Waals surface area contributed by atoms with Gasteiger partial charge < -0.3 is 4.90 Å². The predicted molar refractivity (Wildman–Crippen MR) is 94.4 cm³/mol. The van der Waals surface area contributed by atoms with Crippen molar-refractivity contribution >= 4 is 22.4 Å². The number of rotatable bonds is 7. The highest BCUT2D eigenvalue weighted by Crippen LogP contribution is 2.26. The number of fused-ring (bicyclic) bond motifs is 1. The Labute approximate surface area is 133 Å². The van der Waals surface area contributed by atoms with E-state index < -0.39 is 0 Å². The smallest absolute Gasteiger partial charge is 0.241 e. The Morgan fingerprint density at radius 2 is 1.77 bits per heavy atom. The normalized spacial score (nSPS) is 11.1. The number of hydrogen-bond donors (Lipinski definition) is 0. The Kier molecular flexibility index (Phi) is 5.96. The summed E-state index contributed by atoms with van der Waals surface area (Å²) in [5.74, 6) is 0.164. The molecular weight excluding hydrogens is 272 g/mol. The molecule has 1 amide bonds. The average molecular weight is 298 g/mol. The van der Waals surface area contributed by atoms with Crippen LogP contribution in [0.25, 0.3) is 10.8 Å². The van der Waals surface area contributed by atoms with Gasteiger partial charge in [0.05, 0.1) is 12.2 Å². The summed E-state index contributed by atoms with van der Waals surface area (Å²) >= 11 is 0. The molecule has 2 aromatic carbocycles. The summed E-state index contributed by atoms with van der Waals surface area (Å²) in [5.41, 5.74) is 1.01. The fraction of sp³-hybridized carbons (Fsp3) is 0.421. The van der Waals surface area contributed by atoms with E-state index in [1.807, 2.05) is 43.1 Å². The molecule has 0 spiro atoms. The van der Waals surface area contributed by atoms with E-state index in [1.54, 1.807) is 0 Å². The zero-order chi connectivity index (χ0) is 15.9. The molecule has 0 aliphatic carbocycles. The minimum atomic E-state index is 0.164. The molecule has 3 nitrogen and oxygen atoms in total. The first kappa shape index (κ1) is 16.5. The highest BCUT2D eigenvalue weighted by molar-refractivity contribution is 6.04. The molecule has 0 aliphatic rings. The Morgan fingerprint density at radius 3 is 2.50 bits per heavy atom. The molecule has 0 atom stereocenters. The molecule has 0 heterocycles. The first-order chi connectivity index (χ1) is 10.7. The van der Waals surface area contributed by atoms with Crippen molar-refractivity contribution in [1.82, 2.24) is 4.90 Å². The van der Waals surface area contributed by atoms with Gasteiger partial charge in [-0.25, -0.2) is 0 Å². The van der Waals surface area contributed by atoms with E-state index in [0.29, 0.717) is 13.1 Å². The largest absolute Gasteiger partial charge is 0.311 e. The van der Waals surface area contributed by atoms with Gasteiger partial charge >= 0.3 is 0 Å². The Balaban J connectivity index is 2.21. The SMILES string of the molecule is CCCCN(C)CC(=O)N(CC)c1cccc2ccccc12. The van der Waals surface area contributed by atoms with Gasteiger partial charge in [0.2, 0.25) is 5.91 Å². The number of unbranched alkanes of at least 4 members (excludes halogenated alkanes) is 1. The van der Waals surface area contributed by atoms with Crippen LogP contribution < -0.4 is 4.90 Å². The molecule has 0 aliphatic heterocycles. The third-order valence-electron chi connectivity index (χ3n) is 3.97. The van der Waals surface area contributed by atoms with Gasteiger partial charge in [0, 0.05) is 11.9 Å². The molecule has 22 heavy (non-hydrogen) atoms. The summed E-state index contributed by atoms with van der Waals surface area (Å²) in [5, 5.41) is 2.31. The molecule has 0 bridgehead atoms. The lowest BCUT2D eigenvalue weighted by Gasteiger charge is -2.25. The molecule has 2 aromatic rings. The number of carbonyl (C=O) groups excluding carboxylic acids is 1. The van der Waals surface area contributed by atoms with Gasteiger partial charge in [0.15, 0.2) is 0 Å². The van der Waals surface area contributed by atoms with Crippen LogP contribution in [-0.4, -0.2) is 37.5 Å². The number of carbonyl (C=O) groups is 1. The average Bonchev–Trinajstić information content (AvgIpc) is 2.54. The van der Waals surface area contributed by atoms with Crippen LogP contribution in [0.5, 0.6) is 0 Å². The maximum Gasteiger partial charge on any atom is 0.241 e. The van der Waals surface area contributed by atoms with Crippen molar-refractivity contribution < 1.29 is 4.79 Å². The Hall–Kier alpha value is -1.87. The van der Waals surface area contributed by atoms with Gasteiger partial charge in [0.25, 0.3) is 0 Å². The highest BCUT2D eigenvalue weighted by Gasteiger charge is 2.17. The molecule has 0 fully saturated rings. The topological polar surface area (TPSA) is 23.6 Å². The minimum absolute atomic E-state index is 0.164. The van der Waals surface area contributed by atoms with Crippen molar-refractivity contribution in [3.63, 3.8) is 0 Å². The lowest BCUT2D eigenvalue weighted by molar-refractivity contribution is -0.119. The van der Waals surface area contributed by atoms with Crippen LogP contribution >= 0.6 is 0 Å². The van der Waals surface area contributed by atoms with Gasteiger partial charge in [-0.05, 0) is 38.4 Å². The third-order valence-corrected chi connectivity index (χ3v) is 3.97. The first-order valence-electron chi connectivity index (χ1n) is 8.14. The van der Waals surface area contributed by atoms with Crippen LogP contribution in [0.3, 0.4) is 0 Å². The van der Waals surface area contributed by atoms with E-state index >= 15 is 0 Å². The number of amides is 1. The molecule has 0 N–H and O–H groups in total. The monoisotopic (exact) mass is 298 g/mol. The fourth-order valence-electron chi connectivity index (χ4n) is 2.75. The van der Waals surface area contributed by atoms with Crippen molar-refractivity contribution in [3.8, 4) is 0 Å². The standard InChI is InChI=1S/C19H26N2O/c1-4-6-14-20(3)15-19(22)21(5-2)18-13-9-11-16-10-7-8-12-17(16)18/h7-13H,4-6,14-15H2,1-3H3. The maximum absolute atomic E-state index is 12.7. The minimum Gasteiger partial charge on any atom is -0.311 e. The van der Waals surface area contributed by atoms with E-state index in [-0.39, 0.29) is 5.91 Å². The van der Waals surface area contributed by atoms with E-state index in [1.165, 1.54) is 5.39 Å². The van der Waals surface area contributed by atoms with Crippen LogP contribution in [0.4, 0.5) is 5.69 Å². The zero-order valence-electron chi connectivity index (χ0n) is 13.9. The van der Waals surface area contributed by atoms with Crippen LogP contribution in [0, 0.1) is 0 Å². The fourth-order valence-corrected chi connectivity index (χ4v) is 2.75. The molecule has 0 radical (unpaired) electrons. The predicted octanol–water partition coefficient (Wildman–Crippen LogP) is 3.92. The first-order valence-corrected chi connectivity index (χ1v) is 8.14.